The summed E-state index contributed by atoms with van der Waals surface area (Å²) >= 11 is 0. The van der Waals surface area contributed by atoms with Gasteiger partial charge in [0.2, 0.25) is 10.0 Å². The molecule has 0 N–H and O–H groups in total. The van der Waals surface area contributed by atoms with Crippen LogP contribution >= 0.6 is 0 Å². The third kappa shape index (κ3) is 4.51. The van der Waals surface area contributed by atoms with Gasteiger partial charge in [-0.15, -0.1) is 0 Å². The van der Waals surface area contributed by atoms with E-state index in [1.807, 2.05) is 13.0 Å². The van der Waals surface area contributed by atoms with Gasteiger partial charge in [0.1, 0.15) is 5.75 Å². The Balaban J connectivity index is 1.65. The van der Waals surface area contributed by atoms with Crippen LogP contribution in [0.15, 0.2) is 53.4 Å². The van der Waals surface area contributed by atoms with Crippen LogP contribution in [0.3, 0.4) is 0 Å². The van der Waals surface area contributed by atoms with Gasteiger partial charge in [0.05, 0.1) is 12.0 Å². The zero-order valence-corrected chi connectivity index (χ0v) is 17.1. The number of hydrogen-bond donors (Lipinski definition) is 0. The molecule has 1 heterocycles. The summed E-state index contributed by atoms with van der Waals surface area (Å²) in [5.41, 5.74) is 2.14. The average Bonchev–Trinajstić information content (AvgIpc) is 2.67. The van der Waals surface area contributed by atoms with Gasteiger partial charge < -0.3 is 4.74 Å². The van der Waals surface area contributed by atoms with Crippen molar-refractivity contribution in [3.8, 4) is 5.75 Å². The molecular weight excluding hydrogens is 360 g/mol. The summed E-state index contributed by atoms with van der Waals surface area (Å²) in [6.45, 7) is 6.70. The Kier molecular flexibility index (Phi) is 6.19. The first-order valence-electron chi connectivity index (χ1n) is 9.34. The average molecular weight is 389 g/mol. The van der Waals surface area contributed by atoms with Gasteiger partial charge in [0.15, 0.2) is 0 Å². The van der Waals surface area contributed by atoms with Crippen LogP contribution in [-0.2, 0) is 16.4 Å². The standard InChI is InChI=1S/C21H28N2O3S/c1-17-15-20(9-10-21(17)26-3)27(24,25)23-14-13-22(18(2)16-23)12-11-19-7-5-4-6-8-19/h4-10,15,18H,11-14,16H2,1-3H3. The molecule has 6 heteroatoms. The van der Waals surface area contributed by atoms with E-state index in [1.54, 1.807) is 29.6 Å². The quantitative estimate of drug-likeness (QED) is 0.763. The van der Waals surface area contributed by atoms with Crippen molar-refractivity contribution in [3.63, 3.8) is 0 Å². The lowest BCUT2D eigenvalue weighted by Gasteiger charge is -2.39. The molecule has 1 aliphatic heterocycles. The van der Waals surface area contributed by atoms with E-state index in [2.05, 4.69) is 36.1 Å². The Morgan fingerprint density at radius 2 is 1.85 bits per heavy atom. The van der Waals surface area contributed by atoms with E-state index < -0.39 is 10.0 Å². The molecule has 0 spiro atoms. The molecule has 0 bridgehead atoms. The fourth-order valence-corrected chi connectivity index (χ4v) is 5.19. The second-order valence-corrected chi connectivity index (χ2v) is 9.05. The predicted octanol–water partition coefficient (Wildman–Crippen LogP) is 2.94. The minimum atomic E-state index is -3.48. The second kappa shape index (κ2) is 8.42. The van der Waals surface area contributed by atoms with E-state index >= 15 is 0 Å². The van der Waals surface area contributed by atoms with Crippen molar-refractivity contribution >= 4 is 10.0 Å². The van der Waals surface area contributed by atoms with Crippen molar-refractivity contribution in [2.24, 2.45) is 0 Å². The summed E-state index contributed by atoms with van der Waals surface area (Å²) < 4.78 is 32.9. The molecular formula is C21H28N2O3S. The second-order valence-electron chi connectivity index (χ2n) is 7.12. The smallest absolute Gasteiger partial charge is 0.243 e. The van der Waals surface area contributed by atoms with Gasteiger partial charge in [-0.1, -0.05) is 30.3 Å². The lowest BCUT2D eigenvalue weighted by atomic mass is 10.1. The number of nitrogens with zero attached hydrogens (tertiary/aromatic N) is 2. The van der Waals surface area contributed by atoms with Crippen LogP contribution in [-0.4, -0.2) is 57.0 Å². The topological polar surface area (TPSA) is 49.9 Å². The van der Waals surface area contributed by atoms with Crippen molar-refractivity contribution in [1.82, 2.24) is 9.21 Å². The largest absolute Gasteiger partial charge is 0.496 e. The number of hydrogen-bond acceptors (Lipinski definition) is 4. The van der Waals surface area contributed by atoms with E-state index in [0.29, 0.717) is 23.7 Å². The van der Waals surface area contributed by atoms with Crippen molar-refractivity contribution in [3.05, 3.63) is 59.7 Å². The van der Waals surface area contributed by atoms with Crippen LogP contribution in [0.4, 0.5) is 0 Å². The molecule has 0 aliphatic carbocycles. The summed E-state index contributed by atoms with van der Waals surface area (Å²) in [5.74, 6) is 0.702. The van der Waals surface area contributed by atoms with E-state index in [0.717, 1.165) is 25.1 Å². The highest BCUT2D eigenvalue weighted by Crippen LogP contribution is 2.25. The van der Waals surface area contributed by atoms with Gasteiger partial charge >= 0.3 is 0 Å². The number of rotatable bonds is 6. The SMILES string of the molecule is COc1ccc(S(=O)(=O)N2CCN(CCc3ccccc3)C(C)C2)cc1C. The summed E-state index contributed by atoms with van der Waals surface area (Å²) in [6, 6.07) is 15.7. The lowest BCUT2D eigenvalue weighted by molar-refractivity contribution is 0.130. The molecule has 1 aliphatic rings. The van der Waals surface area contributed by atoms with Gasteiger partial charge in [0, 0.05) is 32.2 Å². The highest BCUT2D eigenvalue weighted by molar-refractivity contribution is 7.89. The maximum absolute atomic E-state index is 13.0. The van der Waals surface area contributed by atoms with Crippen LogP contribution < -0.4 is 4.74 Å². The predicted molar refractivity (Wildman–Crippen MR) is 108 cm³/mol. The van der Waals surface area contributed by atoms with E-state index in [-0.39, 0.29) is 6.04 Å². The first kappa shape index (κ1) is 19.9. The summed E-state index contributed by atoms with van der Waals surface area (Å²) in [4.78, 5) is 2.71. The zero-order chi connectivity index (χ0) is 19.4. The maximum atomic E-state index is 13.0. The van der Waals surface area contributed by atoms with Crippen LogP contribution in [0, 0.1) is 6.92 Å². The molecule has 1 saturated heterocycles. The molecule has 2 aromatic rings. The van der Waals surface area contributed by atoms with Crippen molar-refractivity contribution in [2.45, 2.75) is 31.2 Å². The van der Waals surface area contributed by atoms with E-state index in [1.165, 1.54) is 5.56 Å². The Bertz CT molecular complexity index is 868. The summed E-state index contributed by atoms with van der Waals surface area (Å²) in [6.07, 6.45) is 0.982. The Labute approximate surface area is 162 Å². The van der Waals surface area contributed by atoms with Crippen molar-refractivity contribution in [1.29, 1.82) is 0 Å². The monoisotopic (exact) mass is 388 g/mol. The molecule has 1 fully saturated rings. The highest BCUT2D eigenvalue weighted by atomic mass is 32.2. The molecule has 0 aromatic heterocycles. The number of piperazine rings is 1. The fourth-order valence-electron chi connectivity index (χ4n) is 3.59. The number of ether oxygens (including phenoxy) is 1. The van der Waals surface area contributed by atoms with Gasteiger partial charge in [-0.3, -0.25) is 4.90 Å². The van der Waals surface area contributed by atoms with E-state index in [9.17, 15) is 8.42 Å². The van der Waals surface area contributed by atoms with Gasteiger partial charge in [-0.05, 0) is 49.6 Å². The van der Waals surface area contributed by atoms with Crippen LogP contribution in [0.25, 0.3) is 0 Å². The van der Waals surface area contributed by atoms with Crippen LogP contribution in [0.2, 0.25) is 0 Å². The van der Waals surface area contributed by atoms with E-state index in [4.69, 9.17) is 4.74 Å². The molecule has 1 unspecified atom stereocenters. The molecule has 2 aromatic carbocycles. The number of methoxy groups -OCH3 is 1. The zero-order valence-electron chi connectivity index (χ0n) is 16.3. The summed E-state index contributed by atoms with van der Waals surface area (Å²) in [7, 11) is -1.89. The van der Waals surface area contributed by atoms with Gasteiger partial charge in [-0.25, -0.2) is 8.42 Å². The first-order chi connectivity index (χ1) is 12.9. The molecule has 0 radical (unpaired) electrons. The third-order valence-corrected chi connectivity index (χ3v) is 7.12. The molecule has 27 heavy (non-hydrogen) atoms. The van der Waals surface area contributed by atoms with Crippen LogP contribution in [0.5, 0.6) is 5.75 Å². The normalized spacial score (nSPS) is 19.1. The molecule has 3 rings (SSSR count). The molecule has 5 nitrogen and oxygen atoms in total. The van der Waals surface area contributed by atoms with Gasteiger partial charge in [0.25, 0.3) is 0 Å². The number of benzene rings is 2. The van der Waals surface area contributed by atoms with Crippen molar-refractivity contribution < 1.29 is 13.2 Å². The Morgan fingerprint density at radius 1 is 1.11 bits per heavy atom. The Hall–Kier alpha value is -1.89. The highest BCUT2D eigenvalue weighted by Gasteiger charge is 2.32. The van der Waals surface area contributed by atoms with Crippen LogP contribution in [0.1, 0.15) is 18.1 Å². The Morgan fingerprint density at radius 3 is 2.48 bits per heavy atom. The molecule has 0 saturated carbocycles. The van der Waals surface area contributed by atoms with Crippen molar-refractivity contribution in [2.75, 3.05) is 33.3 Å². The number of sulfonamides is 1. The summed E-state index contributed by atoms with van der Waals surface area (Å²) in [5, 5.41) is 0. The first-order valence-corrected chi connectivity index (χ1v) is 10.8. The molecule has 1 atom stereocenters. The minimum Gasteiger partial charge on any atom is -0.496 e. The minimum absolute atomic E-state index is 0.191. The molecule has 146 valence electrons. The number of aryl methyl sites for hydroxylation is 1. The molecule has 0 amide bonds. The fraction of sp³-hybridized carbons (Fsp3) is 0.429. The van der Waals surface area contributed by atoms with Gasteiger partial charge in [-0.2, -0.15) is 4.31 Å². The third-order valence-electron chi connectivity index (χ3n) is 5.26. The maximum Gasteiger partial charge on any atom is 0.243 e. The lowest BCUT2D eigenvalue weighted by Crippen LogP contribution is -2.53.